The normalized spacial score (nSPS) is 13.5. The number of para-hydroxylation sites is 1. The standard InChI is InChI=1S/C17H20N4O2S2/c1-3-11-6-4-5-10(2)14(11)18-13(22)9-24-17-21-20-16(25-17)19-15(23)12-7-8-12/h4-6,12H,3,7-9H2,1-2H3,(H,18,22)(H,19,20,23). The van der Waals surface area contributed by atoms with E-state index in [9.17, 15) is 9.59 Å². The van der Waals surface area contributed by atoms with E-state index in [-0.39, 0.29) is 23.5 Å². The van der Waals surface area contributed by atoms with Crippen LogP contribution < -0.4 is 10.6 Å². The van der Waals surface area contributed by atoms with Gasteiger partial charge in [-0.15, -0.1) is 10.2 Å². The number of thioether (sulfide) groups is 1. The third-order valence-electron chi connectivity index (χ3n) is 3.92. The summed E-state index contributed by atoms with van der Waals surface area (Å²) >= 11 is 2.61. The van der Waals surface area contributed by atoms with Gasteiger partial charge in [0.2, 0.25) is 16.9 Å². The van der Waals surface area contributed by atoms with Crippen molar-refractivity contribution >= 4 is 45.7 Å². The maximum Gasteiger partial charge on any atom is 0.234 e. The first-order valence-corrected chi connectivity index (χ1v) is 10.0. The van der Waals surface area contributed by atoms with Crippen molar-refractivity contribution in [1.82, 2.24) is 10.2 Å². The second-order valence-corrected chi connectivity index (χ2v) is 8.14. The molecule has 0 bridgehead atoms. The summed E-state index contributed by atoms with van der Waals surface area (Å²) in [5.74, 6) is 0.320. The highest BCUT2D eigenvalue weighted by atomic mass is 32.2. The fraction of sp³-hybridized carbons (Fsp3) is 0.412. The predicted molar refractivity (Wildman–Crippen MR) is 101 cm³/mol. The van der Waals surface area contributed by atoms with E-state index in [1.165, 1.54) is 23.1 Å². The van der Waals surface area contributed by atoms with Crippen molar-refractivity contribution in [3.05, 3.63) is 29.3 Å². The van der Waals surface area contributed by atoms with Crippen LogP contribution >= 0.6 is 23.1 Å². The summed E-state index contributed by atoms with van der Waals surface area (Å²) in [5.41, 5.74) is 3.07. The lowest BCUT2D eigenvalue weighted by molar-refractivity contribution is -0.117. The highest BCUT2D eigenvalue weighted by Gasteiger charge is 2.30. The number of hydrogen-bond donors (Lipinski definition) is 2. The molecule has 2 N–H and O–H groups in total. The lowest BCUT2D eigenvalue weighted by Gasteiger charge is -2.12. The van der Waals surface area contributed by atoms with Crippen LogP contribution in [0.25, 0.3) is 0 Å². The van der Waals surface area contributed by atoms with Gasteiger partial charge in [-0.25, -0.2) is 0 Å². The Kier molecular flexibility index (Phi) is 5.70. The van der Waals surface area contributed by atoms with Crippen molar-refractivity contribution in [2.75, 3.05) is 16.4 Å². The van der Waals surface area contributed by atoms with E-state index in [0.29, 0.717) is 9.47 Å². The summed E-state index contributed by atoms with van der Waals surface area (Å²) in [5, 5.41) is 14.2. The zero-order chi connectivity index (χ0) is 17.8. The van der Waals surface area contributed by atoms with Gasteiger partial charge in [0.1, 0.15) is 0 Å². The molecule has 6 nitrogen and oxygen atoms in total. The molecule has 8 heteroatoms. The molecule has 0 unspecified atom stereocenters. The summed E-state index contributed by atoms with van der Waals surface area (Å²) in [6, 6.07) is 6.01. The maximum atomic E-state index is 12.2. The number of aromatic nitrogens is 2. The summed E-state index contributed by atoms with van der Waals surface area (Å²) in [6.07, 6.45) is 2.76. The minimum absolute atomic E-state index is 0.0112. The molecule has 0 saturated heterocycles. The zero-order valence-electron chi connectivity index (χ0n) is 14.2. The largest absolute Gasteiger partial charge is 0.325 e. The van der Waals surface area contributed by atoms with Crippen LogP contribution in [-0.2, 0) is 16.0 Å². The Labute approximate surface area is 154 Å². The third-order valence-corrected chi connectivity index (χ3v) is 5.89. The van der Waals surface area contributed by atoms with Gasteiger partial charge in [0.25, 0.3) is 0 Å². The van der Waals surface area contributed by atoms with Gasteiger partial charge in [-0.3, -0.25) is 9.59 Å². The molecule has 2 amide bonds. The first-order chi connectivity index (χ1) is 12.1. The minimum atomic E-state index is -0.0761. The summed E-state index contributed by atoms with van der Waals surface area (Å²) in [4.78, 5) is 23.9. The molecule has 1 aliphatic carbocycles. The topological polar surface area (TPSA) is 84.0 Å². The fourth-order valence-electron chi connectivity index (χ4n) is 2.38. The Morgan fingerprint density at radius 2 is 2.08 bits per heavy atom. The maximum absolute atomic E-state index is 12.2. The Balaban J connectivity index is 1.52. The molecular weight excluding hydrogens is 356 g/mol. The number of benzene rings is 1. The van der Waals surface area contributed by atoms with Crippen molar-refractivity contribution in [2.45, 2.75) is 37.4 Å². The van der Waals surface area contributed by atoms with Crippen molar-refractivity contribution in [3.8, 4) is 0 Å². The van der Waals surface area contributed by atoms with E-state index >= 15 is 0 Å². The molecule has 132 valence electrons. The molecule has 1 aromatic heterocycles. The summed E-state index contributed by atoms with van der Waals surface area (Å²) in [6.45, 7) is 4.05. The van der Waals surface area contributed by atoms with Gasteiger partial charge in [-0.05, 0) is 37.3 Å². The average molecular weight is 377 g/mol. The van der Waals surface area contributed by atoms with Crippen molar-refractivity contribution in [2.24, 2.45) is 5.92 Å². The Morgan fingerprint density at radius 1 is 1.28 bits per heavy atom. The minimum Gasteiger partial charge on any atom is -0.325 e. The first-order valence-electron chi connectivity index (χ1n) is 8.22. The van der Waals surface area contributed by atoms with E-state index in [0.717, 1.165) is 36.1 Å². The van der Waals surface area contributed by atoms with Gasteiger partial charge < -0.3 is 10.6 Å². The highest BCUT2D eigenvalue weighted by molar-refractivity contribution is 8.01. The van der Waals surface area contributed by atoms with Crippen LogP contribution in [0.3, 0.4) is 0 Å². The van der Waals surface area contributed by atoms with Crippen LogP contribution in [0.1, 0.15) is 30.9 Å². The quantitative estimate of drug-likeness (QED) is 0.571. The molecule has 1 aromatic carbocycles. The van der Waals surface area contributed by atoms with Gasteiger partial charge in [-0.2, -0.15) is 0 Å². The highest BCUT2D eigenvalue weighted by Crippen LogP contribution is 2.32. The number of amides is 2. The number of carbonyl (C=O) groups is 2. The molecule has 1 heterocycles. The van der Waals surface area contributed by atoms with Gasteiger partial charge in [-0.1, -0.05) is 48.2 Å². The monoisotopic (exact) mass is 376 g/mol. The number of anilines is 2. The number of hydrogen-bond acceptors (Lipinski definition) is 6. The number of rotatable bonds is 7. The second-order valence-electron chi connectivity index (χ2n) is 5.94. The Morgan fingerprint density at radius 3 is 2.80 bits per heavy atom. The molecule has 0 radical (unpaired) electrons. The van der Waals surface area contributed by atoms with Crippen LogP contribution in [0.4, 0.5) is 10.8 Å². The van der Waals surface area contributed by atoms with E-state index in [1.54, 1.807) is 0 Å². The van der Waals surface area contributed by atoms with Gasteiger partial charge in [0.15, 0.2) is 4.34 Å². The number of aryl methyl sites for hydroxylation is 2. The zero-order valence-corrected chi connectivity index (χ0v) is 15.8. The fourth-order valence-corrected chi connectivity index (χ4v) is 3.93. The molecule has 0 spiro atoms. The molecule has 1 saturated carbocycles. The van der Waals surface area contributed by atoms with Gasteiger partial charge in [0, 0.05) is 11.6 Å². The van der Waals surface area contributed by atoms with Crippen molar-refractivity contribution in [1.29, 1.82) is 0 Å². The molecule has 1 aliphatic rings. The third kappa shape index (κ3) is 4.79. The lowest BCUT2D eigenvalue weighted by Crippen LogP contribution is -2.16. The van der Waals surface area contributed by atoms with Crippen molar-refractivity contribution in [3.63, 3.8) is 0 Å². The number of carbonyl (C=O) groups excluding carboxylic acids is 2. The van der Waals surface area contributed by atoms with Crippen molar-refractivity contribution < 1.29 is 9.59 Å². The lowest BCUT2D eigenvalue weighted by atomic mass is 10.1. The van der Waals surface area contributed by atoms with Crippen LogP contribution in [0, 0.1) is 12.8 Å². The average Bonchev–Trinajstić information content (AvgIpc) is 3.36. The van der Waals surface area contributed by atoms with Crippen LogP contribution in [0.5, 0.6) is 0 Å². The summed E-state index contributed by atoms with van der Waals surface area (Å²) < 4.78 is 0.668. The SMILES string of the molecule is CCc1cccc(C)c1NC(=O)CSc1nnc(NC(=O)C2CC2)s1. The van der Waals surface area contributed by atoms with E-state index in [4.69, 9.17) is 0 Å². The Bertz CT molecular complexity index is 787. The molecule has 25 heavy (non-hydrogen) atoms. The van der Waals surface area contributed by atoms with E-state index < -0.39 is 0 Å². The summed E-state index contributed by atoms with van der Waals surface area (Å²) in [7, 11) is 0. The molecule has 3 rings (SSSR count). The first kappa shape index (κ1) is 17.9. The Hall–Kier alpha value is -1.93. The van der Waals surface area contributed by atoms with Crippen LogP contribution in [0.2, 0.25) is 0 Å². The number of nitrogens with one attached hydrogen (secondary N) is 2. The van der Waals surface area contributed by atoms with Crippen LogP contribution in [-0.4, -0.2) is 27.8 Å². The molecule has 0 atom stereocenters. The van der Waals surface area contributed by atoms with Crippen LogP contribution in [0.15, 0.2) is 22.5 Å². The molecule has 0 aliphatic heterocycles. The van der Waals surface area contributed by atoms with Gasteiger partial charge in [0.05, 0.1) is 5.75 Å². The molecule has 1 fully saturated rings. The van der Waals surface area contributed by atoms with Gasteiger partial charge >= 0.3 is 0 Å². The molecule has 2 aromatic rings. The molecular formula is C17H20N4O2S2. The van der Waals surface area contributed by atoms with E-state index in [2.05, 4.69) is 27.8 Å². The predicted octanol–water partition coefficient (Wildman–Crippen LogP) is 3.49. The smallest absolute Gasteiger partial charge is 0.234 e. The van der Waals surface area contributed by atoms with E-state index in [1.807, 2.05) is 25.1 Å². The second kappa shape index (κ2) is 7.97. The number of nitrogens with zero attached hydrogens (tertiary/aromatic N) is 2.